The van der Waals surface area contributed by atoms with Crippen molar-refractivity contribution in [3.8, 4) is 28.6 Å². The number of carbonyl (C=O) groups is 1. The summed E-state index contributed by atoms with van der Waals surface area (Å²) >= 11 is 0. The molecule has 0 spiro atoms. The molecule has 3 rings (SSSR count). The van der Waals surface area contributed by atoms with Gasteiger partial charge in [-0.1, -0.05) is 29.4 Å². The van der Waals surface area contributed by atoms with Gasteiger partial charge in [0.15, 0.2) is 0 Å². The van der Waals surface area contributed by atoms with E-state index in [2.05, 4.69) is 10.1 Å². The molecule has 3 aromatic rings. The number of rotatable bonds is 5. The van der Waals surface area contributed by atoms with Crippen molar-refractivity contribution in [3.05, 3.63) is 54.1 Å². The number of hydrogen-bond acceptors (Lipinski definition) is 5. The highest BCUT2D eigenvalue weighted by molar-refractivity contribution is 5.94. The lowest BCUT2D eigenvalue weighted by Gasteiger charge is -2.06. The molecule has 0 unspecified atom stereocenters. The van der Waals surface area contributed by atoms with Crippen molar-refractivity contribution < 1.29 is 19.2 Å². The Morgan fingerprint density at radius 2 is 1.83 bits per heavy atom. The average molecular weight is 310 g/mol. The summed E-state index contributed by atoms with van der Waals surface area (Å²) < 4.78 is 10.8. The molecule has 0 saturated carbocycles. The third-order valence-corrected chi connectivity index (χ3v) is 3.24. The molecule has 0 atom stereocenters. The van der Waals surface area contributed by atoms with Crippen molar-refractivity contribution in [2.75, 3.05) is 6.61 Å². The number of para-hydroxylation sites is 1. The van der Waals surface area contributed by atoms with Gasteiger partial charge in [-0.2, -0.15) is 4.98 Å². The van der Waals surface area contributed by atoms with E-state index in [1.807, 2.05) is 31.2 Å². The van der Waals surface area contributed by atoms with Crippen LogP contribution in [-0.2, 0) is 0 Å². The summed E-state index contributed by atoms with van der Waals surface area (Å²) in [6.07, 6.45) is 0. The summed E-state index contributed by atoms with van der Waals surface area (Å²) in [5, 5.41) is 13.2. The number of ether oxygens (including phenoxy) is 1. The predicted octanol–water partition coefficient (Wildman–Crippen LogP) is 3.50. The maximum atomic E-state index is 11.3. The molecule has 0 saturated heterocycles. The van der Waals surface area contributed by atoms with Crippen molar-refractivity contribution in [3.63, 3.8) is 0 Å². The fourth-order valence-corrected chi connectivity index (χ4v) is 2.23. The van der Waals surface area contributed by atoms with Crippen LogP contribution in [0, 0.1) is 0 Å². The highest BCUT2D eigenvalue weighted by Gasteiger charge is 2.18. The van der Waals surface area contributed by atoms with Crippen LogP contribution in [0.2, 0.25) is 0 Å². The van der Waals surface area contributed by atoms with E-state index in [0.717, 1.165) is 0 Å². The van der Waals surface area contributed by atoms with Gasteiger partial charge >= 0.3 is 5.97 Å². The Bertz CT molecular complexity index is 842. The monoisotopic (exact) mass is 310 g/mol. The molecule has 0 amide bonds. The second kappa shape index (κ2) is 6.31. The highest BCUT2D eigenvalue weighted by atomic mass is 16.5. The van der Waals surface area contributed by atoms with Gasteiger partial charge < -0.3 is 14.4 Å². The van der Waals surface area contributed by atoms with Crippen LogP contribution in [0.25, 0.3) is 22.8 Å². The summed E-state index contributed by atoms with van der Waals surface area (Å²) in [6.45, 7) is 2.41. The number of aromatic nitrogens is 2. The van der Waals surface area contributed by atoms with E-state index < -0.39 is 5.97 Å². The number of carboxylic acids is 1. The van der Waals surface area contributed by atoms with Crippen LogP contribution < -0.4 is 4.74 Å². The molecule has 116 valence electrons. The molecule has 1 aromatic heterocycles. The van der Waals surface area contributed by atoms with Crippen molar-refractivity contribution in [1.29, 1.82) is 0 Å². The third kappa shape index (κ3) is 2.91. The predicted molar refractivity (Wildman–Crippen MR) is 83.3 cm³/mol. The van der Waals surface area contributed by atoms with Gasteiger partial charge in [-0.25, -0.2) is 4.79 Å². The summed E-state index contributed by atoms with van der Waals surface area (Å²) in [4.78, 5) is 15.6. The van der Waals surface area contributed by atoms with E-state index in [1.165, 1.54) is 6.07 Å². The number of benzene rings is 2. The summed E-state index contributed by atoms with van der Waals surface area (Å²) in [6, 6.07) is 13.8. The van der Waals surface area contributed by atoms with Gasteiger partial charge in [0.05, 0.1) is 23.3 Å². The SMILES string of the molecule is CCOc1ccccc1-c1noc(-c2ccccc2C(=O)O)n1. The lowest BCUT2D eigenvalue weighted by Crippen LogP contribution is -1.99. The lowest BCUT2D eigenvalue weighted by atomic mass is 10.1. The van der Waals surface area contributed by atoms with Crippen LogP contribution >= 0.6 is 0 Å². The minimum atomic E-state index is -1.05. The van der Waals surface area contributed by atoms with E-state index >= 15 is 0 Å². The van der Waals surface area contributed by atoms with Gasteiger partial charge in [-0.3, -0.25) is 0 Å². The minimum absolute atomic E-state index is 0.112. The molecule has 2 aromatic carbocycles. The number of aromatic carboxylic acids is 1. The second-order valence-corrected chi connectivity index (χ2v) is 4.70. The first-order valence-electron chi connectivity index (χ1n) is 7.09. The first-order valence-corrected chi connectivity index (χ1v) is 7.09. The van der Waals surface area contributed by atoms with Crippen LogP contribution in [0.3, 0.4) is 0 Å². The standard InChI is InChI=1S/C17H14N2O4/c1-2-22-14-10-6-5-9-13(14)15-18-16(23-19-15)11-7-3-4-8-12(11)17(20)21/h3-10H,2H2,1H3,(H,20,21). The Labute approximate surface area is 132 Å². The number of carboxylic acid groups (broad SMARTS) is 1. The zero-order valence-electron chi connectivity index (χ0n) is 12.4. The maximum absolute atomic E-state index is 11.3. The zero-order valence-corrected chi connectivity index (χ0v) is 12.4. The number of nitrogens with zero attached hydrogens (tertiary/aromatic N) is 2. The van der Waals surface area contributed by atoms with Crippen LogP contribution in [0.5, 0.6) is 5.75 Å². The highest BCUT2D eigenvalue weighted by Crippen LogP contribution is 2.30. The van der Waals surface area contributed by atoms with Gasteiger partial charge in [-0.05, 0) is 31.2 Å². The first-order chi connectivity index (χ1) is 11.2. The molecular weight excluding hydrogens is 296 g/mol. The van der Waals surface area contributed by atoms with E-state index in [-0.39, 0.29) is 11.5 Å². The molecule has 0 radical (unpaired) electrons. The maximum Gasteiger partial charge on any atom is 0.336 e. The molecule has 0 aliphatic rings. The van der Waals surface area contributed by atoms with Crippen molar-refractivity contribution >= 4 is 5.97 Å². The van der Waals surface area contributed by atoms with Gasteiger partial charge in [-0.15, -0.1) is 0 Å². The molecule has 0 aliphatic carbocycles. The number of hydrogen-bond donors (Lipinski definition) is 1. The van der Waals surface area contributed by atoms with Gasteiger partial charge in [0.1, 0.15) is 5.75 Å². The topological polar surface area (TPSA) is 85.5 Å². The second-order valence-electron chi connectivity index (χ2n) is 4.70. The summed E-state index contributed by atoms with van der Waals surface area (Å²) in [5.74, 6) is 0.109. The van der Waals surface area contributed by atoms with Crippen LogP contribution in [0.15, 0.2) is 53.1 Å². The lowest BCUT2D eigenvalue weighted by molar-refractivity contribution is 0.0697. The van der Waals surface area contributed by atoms with Crippen molar-refractivity contribution in [1.82, 2.24) is 10.1 Å². The van der Waals surface area contributed by atoms with E-state index in [4.69, 9.17) is 9.26 Å². The van der Waals surface area contributed by atoms with Gasteiger partial charge in [0.25, 0.3) is 5.89 Å². The first kappa shape index (κ1) is 14.8. The quantitative estimate of drug-likeness (QED) is 0.776. The fraction of sp³-hybridized carbons (Fsp3) is 0.118. The molecular formula is C17H14N2O4. The van der Waals surface area contributed by atoms with Crippen molar-refractivity contribution in [2.24, 2.45) is 0 Å². The van der Waals surface area contributed by atoms with Gasteiger partial charge in [0, 0.05) is 0 Å². The molecule has 0 bridgehead atoms. The largest absolute Gasteiger partial charge is 0.493 e. The third-order valence-electron chi connectivity index (χ3n) is 3.24. The smallest absolute Gasteiger partial charge is 0.336 e. The minimum Gasteiger partial charge on any atom is -0.493 e. The molecule has 0 fully saturated rings. The van der Waals surface area contributed by atoms with Crippen molar-refractivity contribution in [2.45, 2.75) is 6.92 Å². The molecule has 0 aliphatic heterocycles. The molecule has 6 heteroatoms. The summed E-state index contributed by atoms with van der Waals surface area (Å²) in [7, 11) is 0. The van der Waals surface area contributed by atoms with Crippen LogP contribution in [0.1, 0.15) is 17.3 Å². The van der Waals surface area contributed by atoms with Crippen LogP contribution in [0.4, 0.5) is 0 Å². The fourth-order valence-electron chi connectivity index (χ4n) is 2.23. The molecule has 23 heavy (non-hydrogen) atoms. The van der Waals surface area contributed by atoms with E-state index in [9.17, 15) is 9.90 Å². The van der Waals surface area contributed by atoms with E-state index in [1.54, 1.807) is 18.2 Å². The molecule has 1 heterocycles. The molecule has 1 N–H and O–H groups in total. The Morgan fingerprint density at radius 1 is 1.13 bits per heavy atom. The summed E-state index contributed by atoms with van der Waals surface area (Å²) in [5.41, 5.74) is 1.19. The molecule has 6 nitrogen and oxygen atoms in total. The Morgan fingerprint density at radius 3 is 2.57 bits per heavy atom. The normalized spacial score (nSPS) is 10.5. The average Bonchev–Trinajstić information content (AvgIpc) is 3.05. The van der Waals surface area contributed by atoms with Crippen LogP contribution in [-0.4, -0.2) is 27.8 Å². The van der Waals surface area contributed by atoms with E-state index in [0.29, 0.717) is 29.3 Å². The Balaban J connectivity index is 2.04. The van der Waals surface area contributed by atoms with Gasteiger partial charge in [0.2, 0.25) is 5.82 Å². The Hall–Kier alpha value is -3.15. The Kier molecular flexibility index (Phi) is 4.05. The zero-order chi connectivity index (χ0) is 16.2.